The molecular weight excluding hydrogens is 522 g/mol. The van der Waals surface area contributed by atoms with Gasteiger partial charge in [0.05, 0.1) is 18.0 Å². The van der Waals surface area contributed by atoms with E-state index in [-0.39, 0.29) is 5.91 Å². The maximum Gasteiger partial charge on any atom is 0.251 e. The van der Waals surface area contributed by atoms with Crippen molar-refractivity contribution in [1.29, 1.82) is 5.41 Å². The van der Waals surface area contributed by atoms with E-state index in [0.29, 0.717) is 72.6 Å². The van der Waals surface area contributed by atoms with Crippen LogP contribution in [0, 0.1) is 16.2 Å². The van der Waals surface area contributed by atoms with Crippen molar-refractivity contribution in [3.05, 3.63) is 45.4 Å². The summed E-state index contributed by atoms with van der Waals surface area (Å²) in [7, 11) is 0. The number of carbonyl (C=O) groups is 1. The molecule has 0 aromatic heterocycles. The Hall–Kier alpha value is -3.24. The van der Waals surface area contributed by atoms with E-state index in [9.17, 15) is 9.70 Å². The number of rotatable bonds is 17. The van der Waals surface area contributed by atoms with Crippen LogP contribution in [-0.2, 0) is 14.6 Å². The van der Waals surface area contributed by atoms with Gasteiger partial charge in [-0.3, -0.25) is 4.79 Å². The predicted octanol–water partition coefficient (Wildman–Crippen LogP) is 7.58. The molecule has 0 atom stereocenters. The fourth-order valence-electron chi connectivity index (χ4n) is 3.85. The summed E-state index contributed by atoms with van der Waals surface area (Å²) in [6.07, 6.45) is 5.61. The molecule has 0 unspecified atom stereocenters. The van der Waals surface area contributed by atoms with Crippen molar-refractivity contribution in [1.82, 2.24) is 10.4 Å². The number of hydrogen-bond acceptors (Lipinski definition) is 9. The normalized spacial score (nSPS) is 14.4. The molecule has 1 heterocycles. The van der Waals surface area contributed by atoms with Gasteiger partial charge in [-0.05, 0) is 82.2 Å². The third-order valence-electron chi connectivity index (χ3n) is 6.99. The standard InChI is InChI=1S/C27H41N5O5.C4H10/c1-7-10-24(28)19(5)20(6)27(33)29-26(18(4)8-2)23-15-22(11-12-25(23)35-9-3)30-37-32-16-21(17-32)13-14-36-31-34;1-3-4-2/h11-12,15,21,28,30H,7-10,13-14,16-17H2,1-6H3,(H,29,33);3-4H2,1-2H3/b20-19+,26-18?,28-24?;. The zero-order valence-electron chi connectivity index (χ0n) is 26.3. The van der Waals surface area contributed by atoms with Gasteiger partial charge in [0.2, 0.25) is 0 Å². The van der Waals surface area contributed by atoms with Crippen LogP contribution in [0.15, 0.2) is 40.3 Å². The van der Waals surface area contributed by atoms with Crippen molar-refractivity contribution < 1.29 is 19.3 Å². The third-order valence-corrected chi connectivity index (χ3v) is 6.99. The Morgan fingerprint density at radius 1 is 1.05 bits per heavy atom. The van der Waals surface area contributed by atoms with Gasteiger partial charge in [-0.15, -0.1) is 4.91 Å². The van der Waals surface area contributed by atoms with Crippen molar-refractivity contribution in [3.8, 4) is 5.75 Å². The van der Waals surface area contributed by atoms with Crippen LogP contribution < -0.4 is 15.5 Å². The zero-order chi connectivity index (χ0) is 30.8. The average molecular weight is 574 g/mol. The molecule has 10 nitrogen and oxygen atoms in total. The highest BCUT2D eigenvalue weighted by atomic mass is 16.8. The molecule has 1 fully saturated rings. The maximum absolute atomic E-state index is 13.2. The highest BCUT2D eigenvalue weighted by Gasteiger charge is 2.28. The lowest BCUT2D eigenvalue weighted by Crippen LogP contribution is -2.47. The smallest absolute Gasteiger partial charge is 0.251 e. The molecule has 1 aromatic carbocycles. The summed E-state index contributed by atoms with van der Waals surface area (Å²) in [6, 6.07) is 5.61. The summed E-state index contributed by atoms with van der Waals surface area (Å²) in [6.45, 7) is 18.1. The first-order valence-corrected chi connectivity index (χ1v) is 14.8. The number of hydrogen-bond donors (Lipinski definition) is 3. The van der Waals surface area contributed by atoms with Crippen LogP contribution in [-0.4, -0.2) is 43.0 Å². The molecule has 0 radical (unpaired) electrons. The third kappa shape index (κ3) is 12.0. The predicted molar refractivity (Wildman–Crippen MR) is 166 cm³/mol. The minimum absolute atomic E-state index is 0.237. The summed E-state index contributed by atoms with van der Waals surface area (Å²) in [5.74, 6) is 0.801. The number of benzene rings is 1. The minimum Gasteiger partial charge on any atom is -0.493 e. The Bertz CT molecular complexity index is 1050. The van der Waals surface area contributed by atoms with Crippen molar-refractivity contribution in [2.24, 2.45) is 11.3 Å². The first-order chi connectivity index (χ1) is 19.7. The fraction of sp³-hybridized carbons (Fsp3) is 0.613. The Morgan fingerprint density at radius 2 is 1.73 bits per heavy atom. The summed E-state index contributed by atoms with van der Waals surface area (Å²) in [5.41, 5.74) is 7.82. The second kappa shape index (κ2) is 19.8. The van der Waals surface area contributed by atoms with Gasteiger partial charge in [0, 0.05) is 29.9 Å². The highest BCUT2D eigenvalue weighted by Crippen LogP contribution is 2.32. The van der Waals surface area contributed by atoms with Gasteiger partial charge in [0.15, 0.2) is 5.34 Å². The van der Waals surface area contributed by atoms with Crippen molar-refractivity contribution in [2.45, 2.75) is 93.9 Å². The van der Waals surface area contributed by atoms with E-state index < -0.39 is 0 Å². The number of anilines is 1. The monoisotopic (exact) mass is 573 g/mol. The van der Waals surface area contributed by atoms with Gasteiger partial charge in [0.25, 0.3) is 5.91 Å². The SMILES string of the molecule is CCCC.CCCC(=N)/C(C)=C(\C)C(=O)NC(=C(C)CC)c1cc(NON2CC(CCON=O)C2)ccc1OCC. The van der Waals surface area contributed by atoms with Crippen molar-refractivity contribution >= 4 is 23.0 Å². The topological polar surface area (TPSA) is 125 Å². The number of hydroxylamine groups is 2. The molecule has 1 aromatic rings. The van der Waals surface area contributed by atoms with E-state index in [1.54, 1.807) is 12.0 Å². The van der Waals surface area contributed by atoms with Gasteiger partial charge in [-0.1, -0.05) is 47.0 Å². The first-order valence-electron chi connectivity index (χ1n) is 14.8. The van der Waals surface area contributed by atoms with Crippen molar-refractivity contribution in [3.63, 3.8) is 0 Å². The molecule has 230 valence electrons. The van der Waals surface area contributed by atoms with Gasteiger partial charge in [0.1, 0.15) is 12.4 Å². The molecule has 0 aliphatic carbocycles. The number of amides is 1. The lowest BCUT2D eigenvalue weighted by molar-refractivity contribution is -0.200. The molecule has 1 aliphatic heterocycles. The average Bonchev–Trinajstić information content (AvgIpc) is 2.96. The van der Waals surface area contributed by atoms with Crippen LogP contribution in [0.1, 0.15) is 99.5 Å². The lowest BCUT2D eigenvalue weighted by atomic mass is 10.00. The number of nitrogens with one attached hydrogen (secondary N) is 3. The van der Waals surface area contributed by atoms with E-state index in [2.05, 4.69) is 34.8 Å². The van der Waals surface area contributed by atoms with E-state index in [4.69, 9.17) is 15.1 Å². The van der Waals surface area contributed by atoms with Crippen LogP contribution in [0.25, 0.3) is 5.70 Å². The summed E-state index contributed by atoms with van der Waals surface area (Å²) in [4.78, 5) is 33.5. The Kier molecular flexibility index (Phi) is 17.3. The number of unbranched alkanes of at least 4 members (excludes halogenated alkanes) is 1. The molecule has 10 heteroatoms. The summed E-state index contributed by atoms with van der Waals surface area (Å²) < 4.78 is 5.89. The van der Waals surface area contributed by atoms with E-state index in [1.807, 2.05) is 52.8 Å². The van der Waals surface area contributed by atoms with Crippen molar-refractivity contribution in [2.75, 3.05) is 31.8 Å². The fourth-order valence-corrected chi connectivity index (χ4v) is 3.85. The first kappa shape index (κ1) is 35.8. The molecule has 1 amide bonds. The summed E-state index contributed by atoms with van der Waals surface area (Å²) >= 11 is 0. The van der Waals surface area contributed by atoms with Crippen LogP contribution in [0.3, 0.4) is 0 Å². The van der Waals surface area contributed by atoms with E-state index >= 15 is 0 Å². The molecule has 0 saturated carbocycles. The molecule has 1 aliphatic rings. The Labute approximate surface area is 246 Å². The number of carbonyl (C=O) groups excluding carboxylic acids is 1. The molecule has 3 N–H and O–H groups in total. The van der Waals surface area contributed by atoms with Gasteiger partial charge in [-0.25, -0.2) is 5.48 Å². The number of allylic oxidation sites excluding steroid dienone is 2. The zero-order valence-corrected chi connectivity index (χ0v) is 26.3. The largest absolute Gasteiger partial charge is 0.493 e. The molecule has 41 heavy (non-hydrogen) atoms. The van der Waals surface area contributed by atoms with Crippen LogP contribution in [0.5, 0.6) is 5.75 Å². The van der Waals surface area contributed by atoms with E-state index in [0.717, 1.165) is 30.4 Å². The quantitative estimate of drug-likeness (QED) is 0.0576. The van der Waals surface area contributed by atoms with Crippen LogP contribution in [0.2, 0.25) is 0 Å². The van der Waals surface area contributed by atoms with Gasteiger partial charge >= 0.3 is 0 Å². The minimum atomic E-state index is -0.237. The molecule has 0 bridgehead atoms. The Balaban J connectivity index is 0.00000196. The number of nitrogens with zero attached hydrogens (tertiary/aromatic N) is 2. The maximum atomic E-state index is 13.2. The second-order valence-corrected chi connectivity index (χ2v) is 10.2. The van der Waals surface area contributed by atoms with Gasteiger partial charge in [-0.2, -0.15) is 10.0 Å². The molecule has 1 saturated heterocycles. The second-order valence-electron chi connectivity index (χ2n) is 10.2. The summed E-state index contributed by atoms with van der Waals surface area (Å²) in [5, 5.41) is 15.5. The number of ether oxygens (including phenoxy) is 1. The van der Waals surface area contributed by atoms with Crippen LogP contribution >= 0.6 is 0 Å². The lowest BCUT2D eigenvalue weighted by Gasteiger charge is -2.37. The molecule has 0 spiro atoms. The highest BCUT2D eigenvalue weighted by molar-refractivity contribution is 6.08. The van der Waals surface area contributed by atoms with E-state index in [1.165, 1.54) is 12.8 Å². The molecule has 2 rings (SSSR count). The molecular formula is C31H51N5O5. The Morgan fingerprint density at radius 3 is 2.29 bits per heavy atom. The van der Waals surface area contributed by atoms with Gasteiger partial charge < -0.3 is 20.3 Å². The van der Waals surface area contributed by atoms with Crippen LogP contribution in [0.4, 0.5) is 5.69 Å².